The molecule has 0 bridgehead atoms. The minimum Gasteiger partial charge on any atom is -0.444 e. The van der Waals surface area contributed by atoms with Crippen LogP contribution in [0.3, 0.4) is 0 Å². The third-order valence-electron chi connectivity index (χ3n) is 6.53. The van der Waals surface area contributed by atoms with E-state index in [1.165, 1.54) is 5.69 Å². The van der Waals surface area contributed by atoms with Crippen molar-refractivity contribution in [3.63, 3.8) is 0 Å². The van der Waals surface area contributed by atoms with Crippen LogP contribution in [0.1, 0.15) is 86.2 Å². The van der Waals surface area contributed by atoms with E-state index >= 15 is 0 Å². The molecule has 34 heavy (non-hydrogen) atoms. The number of rotatable bonds is 2. The quantitative estimate of drug-likeness (QED) is 0.409. The van der Waals surface area contributed by atoms with Crippen molar-refractivity contribution in [3.05, 3.63) is 56.5 Å². The number of aromatic nitrogens is 4. The van der Waals surface area contributed by atoms with Crippen LogP contribution in [-0.2, 0) is 17.8 Å². The Hall–Kier alpha value is -2.45. The Morgan fingerprint density at radius 2 is 1.85 bits per heavy atom. The summed E-state index contributed by atoms with van der Waals surface area (Å²) in [5.41, 5.74) is 2.61. The molecular weight excluding hydrogens is 470 g/mol. The van der Waals surface area contributed by atoms with Gasteiger partial charge >= 0.3 is 6.09 Å². The van der Waals surface area contributed by atoms with Crippen molar-refractivity contribution in [1.82, 2.24) is 24.6 Å². The van der Waals surface area contributed by atoms with Gasteiger partial charge in [-0.25, -0.2) is 9.78 Å². The van der Waals surface area contributed by atoms with Crippen LogP contribution in [-0.4, -0.2) is 36.3 Å². The minimum atomic E-state index is -0.576. The van der Waals surface area contributed by atoms with Gasteiger partial charge < -0.3 is 4.74 Å². The Balaban J connectivity index is 1.44. The predicted molar refractivity (Wildman–Crippen MR) is 133 cm³/mol. The first-order valence-corrected chi connectivity index (χ1v) is 13.1. The van der Waals surface area contributed by atoms with Gasteiger partial charge in [-0.2, -0.15) is 0 Å². The van der Waals surface area contributed by atoms with E-state index < -0.39 is 5.60 Å². The second kappa shape index (κ2) is 8.96. The van der Waals surface area contributed by atoms with Gasteiger partial charge in [0.15, 0.2) is 5.82 Å². The van der Waals surface area contributed by atoms with E-state index in [2.05, 4.69) is 27.1 Å². The zero-order chi connectivity index (χ0) is 24.0. The average molecular weight is 500 g/mol. The van der Waals surface area contributed by atoms with Gasteiger partial charge in [-0.1, -0.05) is 11.6 Å². The van der Waals surface area contributed by atoms with Crippen LogP contribution in [0.25, 0.3) is 5.69 Å². The van der Waals surface area contributed by atoms with Crippen molar-refractivity contribution >= 4 is 29.0 Å². The van der Waals surface area contributed by atoms with Gasteiger partial charge in [0, 0.05) is 22.2 Å². The Labute approximate surface area is 209 Å². The molecule has 1 aromatic carbocycles. The van der Waals surface area contributed by atoms with Gasteiger partial charge in [-0.3, -0.25) is 9.47 Å². The molecule has 1 aliphatic carbocycles. The summed E-state index contributed by atoms with van der Waals surface area (Å²) < 4.78 is 7.81. The molecule has 1 fully saturated rings. The molecule has 2 aliphatic rings. The maximum absolute atomic E-state index is 13.0. The summed E-state index contributed by atoms with van der Waals surface area (Å²) in [6, 6.07) is 5.82. The highest BCUT2D eigenvalue weighted by atomic mass is 35.5. The molecule has 180 valence electrons. The van der Waals surface area contributed by atoms with Crippen LogP contribution < -0.4 is 0 Å². The van der Waals surface area contributed by atoms with Crippen molar-refractivity contribution in [2.45, 2.75) is 83.9 Å². The number of fused-ring (bicyclic) bond motifs is 3. The van der Waals surface area contributed by atoms with Crippen molar-refractivity contribution < 1.29 is 9.53 Å². The first kappa shape index (κ1) is 23.3. The summed E-state index contributed by atoms with van der Waals surface area (Å²) in [6.45, 7) is 8.42. The van der Waals surface area contributed by atoms with Crippen LogP contribution in [0.2, 0.25) is 5.02 Å². The van der Waals surface area contributed by atoms with E-state index in [0.717, 1.165) is 53.6 Å². The molecule has 7 nitrogen and oxygen atoms in total. The fraction of sp³-hybridized carbons (Fsp3) is 0.520. The van der Waals surface area contributed by atoms with Gasteiger partial charge in [-0.15, -0.1) is 21.5 Å². The maximum Gasteiger partial charge on any atom is 0.411 e. The normalized spacial score (nSPS) is 20.4. The molecule has 0 radical (unpaired) electrons. The van der Waals surface area contributed by atoms with Crippen LogP contribution >= 0.6 is 22.9 Å². The standard InChI is InChI=1S/C25H30ClN5O2S/c1-15-27-20(14-34-15)16-5-7-17(8-6-16)23-29-28-22-13-30(24(32)33-25(2,3)4)12-18-11-19(26)9-10-21(18)31(22)23/h9-11,14,16-17H,5-8,12-13H2,1-4H3/t16-,17-. The van der Waals surface area contributed by atoms with Crippen LogP contribution in [0.15, 0.2) is 23.6 Å². The van der Waals surface area contributed by atoms with E-state index in [1.54, 1.807) is 16.2 Å². The SMILES string of the molecule is Cc1nc([C@H]2CC[C@H](c3nnc4n3-c3ccc(Cl)cc3CN(C(=O)OC(C)(C)C)C4)CC2)cs1. The highest BCUT2D eigenvalue weighted by Gasteiger charge is 2.33. The van der Waals surface area contributed by atoms with Crippen molar-refractivity contribution in [2.75, 3.05) is 0 Å². The van der Waals surface area contributed by atoms with E-state index in [1.807, 2.05) is 39.0 Å². The number of nitrogens with zero attached hydrogens (tertiary/aromatic N) is 5. The number of hydrogen-bond donors (Lipinski definition) is 0. The van der Waals surface area contributed by atoms with Gasteiger partial charge in [0.2, 0.25) is 0 Å². The molecule has 0 spiro atoms. The van der Waals surface area contributed by atoms with Crippen molar-refractivity contribution in [1.29, 1.82) is 0 Å². The fourth-order valence-electron chi connectivity index (χ4n) is 4.96. The second-order valence-electron chi connectivity index (χ2n) is 10.3. The molecule has 0 atom stereocenters. The van der Waals surface area contributed by atoms with Crippen molar-refractivity contribution in [2.24, 2.45) is 0 Å². The van der Waals surface area contributed by atoms with Crippen molar-refractivity contribution in [3.8, 4) is 5.69 Å². The molecule has 0 unspecified atom stereocenters. The van der Waals surface area contributed by atoms with Gasteiger partial charge in [0.25, 0.3) is 0 Å². The molecular formula is C25H30ClN5O2S. The monoisotopic (exact) mass is 499 g/mol. The smallest absolute Gasteiger partial charge is 0.411 e. The van der Waals surface area contributed by atoms with E-state index in [-0.39, 0.29) is 6.09 Å². The summed E-state index contributed by atoms with van der Waals surface area (Å²) in [6.07, 6.45) is 3.90. The zero-order valence-electron chi connectivity index (χ0n) is 20.0. The van der Waals surface area contributed by atoms with Gasteiger partial charge in [0.1, 0.15) is 11.4 Å². The van der Waals surface area contributed by atoms with E-state index in [0.29, 0.717) is 29.9 Å². The molecule has 3 heterocycles. The van der Waals surface area contributed by atoms with Gasteiger partial charge in [-0.05, 0) is 77.1 Å². The summed E-state index contributed by atoms with van der Waals surface area (Å²) in [4.78, 5) is 19.4. The Kier molecular flexibility index (Phi) is 6.14. The number of carbonyl (C=O) groups excluding carboxylic acids is 1. The number of aryl methyl sites for hydroxylation is 1. The number of carbonyl (C=O) groups is 1. The predicted octanol–water partition coefficient (Wildman–Crippen LogP) is 6.38. The molecule has 5 rings (SSSR count). The lowest BCUT2D eigenvalue weighted by atomic mass is 9.80. The molecule has 2 aromatic heterocycles. The molecule has 1 amide bonds. The lowest BCUT2D eigenvalue weighted by Gasteiger charge is -2.27. The lowest BCUT2D eigenvalue weighted by molar-refractivity contribution is 0.0214. The highest BCUT2D eigenvalue weighted by molar-refractivity contribution is 7.09. The largest absolute Gasteiger partial charge is 0.444 e. The average Bonchev–Trinajstić information content (AvgIpc) is 3.35. The third kappa shape index (κ3) is 4.70. The van der Waals surface area contributed by atoms with Gasteiger partial charge in [0.05, 0.1) is 29.5 Å². The molecule has 0 N–H and O–H groups in total. The first-order valence-electron chi connectivity index (χ1n) is 11.8. The van der Waals surface area contributed by atoms with Crippen LogP contribution in [0, 0.1) is 6.92 Å². The number of ether oxygens (including phenoxy) is 1. The number of amides is 1. The molecule has 0 saturated heterocycles. The number of hydrogen-bond acceptors (Lipinski definition) is 6. The molecule has 3 aromatic rings. The number of benzene rings is 1. The third-order valence-corrected chi connectivity index (χ3v) is 7.56. The number of halogens is 1. The summed E-state index contributed by atoms with van der Waals surface area (Å²) in [5, 5.41) is 13.2. The Bertz CT molecular complexity index is 1210. The lowest BCUT2D eigenvalue weighted by Crippen LogP contribution is -2.35. The fourth-order valence-corrected chi connectivity index (χ4v) is 5.85. The van der Waals surface area contributed by atoms with E-state index in [4.69, 9.17) is 21.3 Å². The Morgan fingerprint density at radius 1 is 1.12 bits per heavy atom. The summed E-state index contributed by atoms with van der Waals surface area (Å²) >= 11 is 8.07. The van der Waals surface area contributed by atoms with E-state index in [9.17, 15) is 4.79 Å². The highest BCUT2D eigenvalue weighted by Crippen LogP contribution is 2.41. The topological polar surface area (TPSA) is 73.1 Å². The zero-order valence-corrected chi connectivity index (χ0v) is 21.6. The maximum atomic E-state index is 13.0. The molecule has 1 saturated carbocycles. The molecule has 9 heteroatoms. The molecule has 1 aliphatic heterocycles. The summed E-state index contributed by atoms with van der Waals surface area (Å²) in [5.74, 6) is 2.55. The number of thiazole rings is 1. The second-order valence-corrected chi connectivity index (χ2v) is 11.8. The van der Waals surface area contributed by atoms with Crippen LogP contribution in [0.5, 0.6) is 0 Å². The first-order chi connectivity index (χ1) is 16.2. The minimum absolute atomic E-state index is 0.314. The summed E-state index contributed by atoms with van der Waals surface area (Å²) in [7, 11) is 0. The van der Waals surface area contributed by atoms with Crippen LogP contribution in [0.4, 0.5) is 4.79 Å². The Morgan fingerprint density at radius 3 is 2.53 bits per heavy atom.